The van der Waals surface area contributed by atoms with Crippen molar-refractivity contribution in [2.75, 3.05) is 0 Å². The molecule has 0 saturated heterocycles. The molecule has 1 aromatic carbocycles. The SMILES string of the molecule is CC(C)c1ccccc1C(C(=O)O)C(=O)O.[Ba+2].[H-].[H-]. The third-order valence-corrected chi connectivity index (χ3v) is 2.42. The van der Waals surface area contributed by atoms with Gasteiger partial charge in [-0.1, -0.05) is 38.1 Å². The number of aliphatic carboxylic acids is 2. The summed E-state index contributed by atoms with van der Waals surface area (Å²) in [6.07, 6.45) is 0. The Morgan fingerprint density at radius 3 is 1.82 bits per heavy atom. The average molecular weight is 362 g/mol. The molecule has 90 valence electrons. The monoisotopic (exact) mass is 362 g/mol. The molecule has 1 rings (SSSR count). The fourth-order valence-electron chi connectivity index (χ4n) is 1.67. The Bertz CT molecular complexity index is 410. The third-order valence-electron chi connectivity index (χ3n) is 2.42. The minimum atomic E-state index is -1.49. The fourth-order valence-corrected chi connectivity index (χ4v) is 1.67. The first-order chi connectivity index (χ1) is 7.45. The van der Waals surface area contributed by atoms with Crippen molar-refractivity contribution in [1.29, 1.82) is 0 Å². The fraction of sp³-hybridized carbons (Fsp3) is 0.333. The maximum Gasteiger partial charge on any atom is 2.00 e. The molecule has 0 unspecified atom stereocenters. The van der Waals surface area contributed by atoms with Crippen molar-refractivity contribution in [1.82, 2.24) is 0 Å². The van der Waals surface area contributed by atoms with Crippen LogP contribution in [-0.2, 0) is 9.59 Å². The molecule has 0 spiro atoms. The molecular formula is C12H16BaO4. The zero-order valence-electron chi connectivity index (χ0n) is 11.9. The average Bonchev–Trinajstić information content (AvgIpc) is 2.17. The zero-order chi connectivity index (χ0) is 12.3. The summed E-state index contributed by atoms with van der Waals surface area (Å²) >= 11 is 0. The van der Waals surface area contributed by atoms with Crippen LogP contribution in [0.3, 0.4) is 0 Å². The number of hydrogen-bond donors (Lipinski definition) is 2. The van der Waals surface area contributed by atoms with E-state index in [1.807, 2.05) is 13.8 Å². The molecule has 0 aliphatic rings. The van der Waals surface area contributed by atoms with Gasteiger partial charge in [0.25, 0.3) is 0 Å². The Balaban J connectivity index is -0.000000853. The standard InChI is InChI=1S/C12H14O4.Ba.2H/c1-7(2)8-5-3-4-6-9(8)10(11(13)14)12(15)16;;;/h3-7,10H,1-2H3,(H,13,14)(H,15,16);;;/q;+2;2*-1. The van der Waals surface area contributed by atoms with Crippen molar-refractivity contribution in [2.24, 2.45) is 0 Å². The van der Waals surface area contributed by atoms with Gasteiger partial charge in [-0.3, -0.25) is 9.59 Å². The van der Waals surface area contributed by atoms with Crippen molar-refractivity contribution in [2.45, 2.75) is 25.7 Å². The summed E-state index contributed by atoms with van der Waals surface area (Å²) in [5.41, 5.74) is 1.12. The van der Waals surface area contributed by atoms with E-state index in [9.17, 15) is 9.59 Å². The van der Waals surface area contributed by atoms with Gasteiger partial charge in [-0.25, -0.2) is 0 Å². The van der Waals surface area contributed by atoms with Gasteiger partial charge < -0.3 is 13.1 Å². The Hall–Kier alpha value is -0.269. The summed E-state index contributed by atoms with van der Waals surface area (Å²) < 4.78 is 0. The van der Waals surface area contributed by atoms with Gasteiger partial charge in [-0.15, -0.1) is 0 Å². The van der Waals surface area contributed by atoms with E-state index in [1.54, 1.807) is 24.3 Å². The maximum atomic E-state index is 10.9. The predicted octanol–water partition coefficient (Wildman–Crippen LogP) is 1.91. The smallest absolute Gasteiger partial charge is 1.00 e. The topological polar surface area (TPSA) is 74.6 Å². The molecule has 17 heavy (non-hydrogen) atoms. The summed E-state index contributed by atoms with van der Waals surface area (Å²) in [7, 11) is 0. The van der Waals surface area contributed by atoms with Crippen LogP contribution < -0.4 is 0 Å². The van der Waals surface area contributed by atoms with Crippen LogP contribution >= 0.6 is 0 Å². The van der Waals surface area contributed by atoms with Gasteiger partial charge >= 0.3 is 60.8 Å². The van der Waals surface area contributed by atoms with Gasteiger partial charge in [-0.05, 0) is 17.0 Å². The van der Waals surface area contributed by atoms with Crippen molar-refractivity contribution in [3.8, 4) is 0 Å². The van der Waals surface area contributed by atoms with E-state index < -0.39 is 17.9 Å². The molecule has 0 aromatic heterocycles. The van der Waals surface area contributed by atoms with E-state index in [4.69, 9.17) is 10.2 Å². The molecule has 0 aliphatic heterocycles. The molecule has 0 saturated carbocycles. The molecular weight excluding hydrogens is 345 g/mol. The maximum absolute atomic E-state index is 10.9. The van der Waals surface area contributed by atoms with Crippen molar-refractivity contribution >= 4 is 60.8 Å². The first-order valence-electron chi connectivity index (χ1n) is 4.99. The molecule has 0 atom stereocenters. The van der Waals surface area contributed by atoms with Crippen LogP contribution in [0.5, 0.6) is 0 Å². The van der Waals surface area contributed by atoms with Crippen LogP contribution in [0.1, 0.15) is 39.7 Å². The molecule has 5 heteroatoms. The second-order valence-corrected chi connectivity index (χ2v) is 3.89. The Morgan fingerprint density at radius 1 is 1.06 bits per heavy atom. The van der Waals surface area contributed by atoms with Gasteiger partial charge in [0, 0.05) is 0 Å². The third kappa shape index (κ3) is 4.15. The van der Waals surface area contributed by atoms with Gasteiger partial charge in [0.15, 0.2) is 5.92 Å². The van der Waals surface area contributed by atoms with E-state index in [-0.39, 0.29) is 57.7 Å². The van der Waals surface area contributed by atoms with E-state index in [0.717, 1.165) is 5.56 Å². The first-order valence-corrected chi connectivity index (χ1v) is 4.99. The summed E-state index contributed by atoms with van der Waals surface area (Å²) in [4.78, 5) is 21.9. The van der Waals surface area contributed by atoms with Gasteiger partial charge in [0.2, 0.25) is 0 Å². The molecule has 0 amide bonds. The molecule has 0 aliphatic carbocycles. The van der Waals surface area contributed by atoms with Crippen molar-refractivity contribution in [3.05, 3.63) is 35.4 Å². The summed E-state index contributed by atoms with van der Waals surface area (Å²) in [6.45, 7) is 3.80. The Labute approximate surface area is 143 Å². The number of benzene rings is 1. The number of carbonyl (C=O) groups is 2. The summed E-state index contributed by atoms with van der Waals surface area (Å²) in [5, 5.41) is 17.8. The molecule has 0 fully saturated rings. The number of hydrogen-bond acceptors (Lipinski definition) is 2. The van der Waals surface area contributed by atoms with Crippen LogP contribution in [0.4, 0.5) is 0 Å². The summed E-state index contributed by atoms with van der Waals surface area (Å²) in [5.74, 6) is -4.06. The second kappa shape index (κ2) is 7.23. The van der Waals surface area contributed by atoms with Gasteiger partial charge in [0.05, 0.1) is 0 Å². The van der Waals surface area contributed by atoms with Gasteiger partial charge in [-0.2, -0.15) is 0 Å². The van der Waals surface area contributed by atoms with E-state index in [1.165, 1.54) is 0 Å². The van der Waals surface area contributed by atoms with E-state index >= 15 is 0 Å². The number of rotatable bonds is 4. The number of carboxylic acids is 2. The van der Waals surface area contributed by atoms with Crippen LogP contribution in [0.15, 0.2) is 24.3 Å². The van der Waals surface area contributed by atoms with Crippen molar-refractivity contribution in [3.63, 3.8) is 0 Å². The molecule has 2 N–H and O–H groups in total. The minimum Gasteiger partial charge on any atom is -1.00 e. The molecule has 0 heterocycles. The Kier molecular flexibility index (Phi) is 7.11. The predicted molar refractivity (Wildman–Crippen MR) is 66.5 cm³/mol. The second-order valence-electron chi connectivity index (χ2n) is 3.89. The van der Waals surface area contributed by atoms with Crippen LogP contribution in [-0.4, -0.2) is 71.0 Å². The molecule has 1 aromatic rings. The van der Waals surface area contributed by atoms with E-state index in [2.05, 4.69) is 0 Å². The largest absolute Gasteiger partial charge is 2.00 e. The summed E-state index contributed by atoms with van der Waals surface area (Å²) in [6, 6.07) is 6.75. The first kappa shape index (κ1) is 16.7. The quantitative estimate of drug-likeness (QED) is 0.634. The molecule has 0 bridgehead atoms. The van der Waals surface area contributed by atoms with Crippen LogP contribution in [0.25, 0.3) is 0 Å². The number of carboxylic acid groups (broad SMARTS) is 2. The molecule has 0 radical (unpaired) electrons. The zero-order valence-corrected chi connectivity index (χ0v) is 14.3. The minimum absolute atomic E-state index is 0. The van der Waals surface area contributed by atoms with Crippen LogP contribution in [0, 0.1) is 0 Å². The normalized spacial score (nSPS) is 10.1. The van der Waals surface area contributed by atoms with Crippen LogP contribution in [0.2, 0.25) is 0 Å². The van der Waals surface area contributed by atoms with Gasteiger partial charge in [0.1, 0.15) is 0 Å². The molecule has 4 nitrogen and oxygen atoms in total. The Morgan fingerprint density at radius 2 is 1.47 bits per heavy atom. The van der Waals surface area contributed by atoms with Crippen molar-refractivity contribution < 1.29 is 22.7 Å². The van der Waals surface area contributed by atoms with E-state index in [0.29, 0.717) is 5.56 Å².